The molecule has 0 heterocycles. The minimum Gasteiger partial charge on any atom is -0.462 e. The van der Waals surface area contributed by atoms with Gasteiger partial charge in [-0.3, -0.25) is 0 Å². The highest BCUT2D eigenvalue weighted by Crippen LogP contribution is 2.18. The average Bonchev–Trinajstić information content (AvgIpc) is 2.74. The number of rotatable bonds is 16. The summed E-state index contributed by atoms with van der Waals surface area (Å²) in [6.45, 7) is 5.75. The van der Waals surface area contributed by atoms with E-state index in [1.807, 2.05) is 0 Å². The molecule has 0 fully saturated rings. The van der Waals surface area contributed by atoms with Gasteiger partial charge in [-0.2, -0.15) is 0 Å². The molecule has 0 saturated heterocycles. The van der Waals surface area contributed by atoms with E-state index in [9.17, 15) is 9.59 Å². The Morgan fingerprint density at radius 1 is 0.759 bits per heavy atom. The molecule has 0 bridgehead atoms. The van der Waals surface area contributed by atoms with Crippen molar-refractivity contribution in [1.82, 2.24) is 0 Å². The van der Waals surface area contributed by atoms with Crippen LogP contribution in [0.3, 0.4) is 0 Å². The van der Waals surface area contributed by atoms with Gasteiger partial charge in [-0.15, -0.1) is 0 Å². The Hall–Kier alpha value is -1.88. The smallest absolute Gasteiger partial charge is 0.339 e. The third-order valence-electron chi connectivity index (χ3n) is 5.05. The second-order valence-electron chi connectivity index (χ2n) is 7.46. The summed E-state index contributed by atoms with van der Waals surface area (Å²) in [6, 6.07) is 6.70. The molecule has 5 heteroatoms. The molecule has 1 atom stereocenters. The lowest BCUT2D eigenvalue weighted by Gasteiger charge is -2.16. The summed E-state index contributed by atoms with van der Waals surface area (Å²) in [5.41, 5.74) is 0.544. The van der Waals surface area contributed by atoms with Crippen LogP contribution in [0.25, 0.3) is 0 Å². The lowest BCUT2D eigenvalue weighted by molar-refractivity contribution is 0.0436. The first-order chi connectivity index (χ1) is 14.1. The van der Waals surface area contributed by atoms with Gasteiger partial charge >= 0.3 is 11.9 Å². The number of methoxy groups -OCH3 is 1. The second-order valence-corrected chi connectivity index (χ2v) is 7.46. The molecule has 5 nitrogen and oxygen atoms in total. The predicted molar refractivity (Wildman–Crippen MR) is 115 cm³/mol. The summed E-state index contributed by atoms with van der Waals surface area (Å²) in [4.78, 5) is 24.9. The Balaban J connectivity index is 2.55. The van der Waals surface area contributed by atoms with Gasteiger partial charge < -0.3 is 14.2 Å². The molecule has 0 N–H and O–H groups in total. The molecule has 0 aliphatic rings. The fourth-order valence-electron chi connectivity index (χ4n) is 3.22. The Kier molecular flexibility index (Phi) is 13.9. The third-order valence-corrected chi connectivity index (χ3v) is 5.05. The van der Waals surface area contributed by atoms with Crippen LogP contribution in [0, 0.1) is 5.92 Å². The van der Waals surface area contributed by atoms with E-state index in [0.29, 0.717) is 19.1 Å². The molecule has 0 saturated carbocycles. The minimum atomic E-state index is -0.468. The van der Waals surface area contributed by atoms with Gasteiger partial charge in [-0.05, 0) is 37.3 Å². The SMILES string of the molecule is CCCCCCOC(=O)c1ccccc1C(=O)OCCC(CCCC)CCOC. The maximum Gasteiger partial charge on any atom is 0.339 e. The molecule has 0 spiro atoms. The van der Waals surface area contributed by atoms with Crippen molar-refractivity contribution < 1.29 is 23.8 Å². The number of benzene rings is 1. The highest BCUT2D eigenvalue weighted by Gasteiger charge is 2.19. The zero-order chi connectivity index (χ0) is 21.3. The quantitative estimate of drug-likeness (QED) is 0.256. The lowest BCUT2D eigenvalue weighted by Crippen LogP contribution is -2.16. The zero-order valence-corrected chi connectivity index (χ0v) is 18.4. The first-order valence-corrected chi connectivity index (χ1v) is 11.1. The number of hydrogen-bond donors (Lipinski definition) is 0. The molecule has 0 aliphatic carbocycles. The Bertz CT molecular complexity index is 576. The van der Waals surface area contributed by atoms with Crippen molar-refractivity contribution in [3.05, 3.63) is 35.4 Å². The van der Waals surface area contributed by atoms with Crippen LogP contribution in [-0.2, 0) is 14.2 Å². The molecule has 0 amide bonds. The molecule has 1 unspecified atom stereocenters. The van der Waals surface area contributed by atoms with Crippen molar-refractivity contribution in [2.24, 2.45) is 5.92 Å². The molecule has 1 aromatic rings. The van der Waals surface area contributed by atoms with Gasteiger partial charge in [0.25, 0.3) is 0 Å². The largest absolute Gasteiger partial charge is 0.462 e. The summed E-state index contributed by atoms with van der Waals surface area (Å²) in [5, 5.41) is 0. The third kappa shape index (κ3) is 10.5. The number of carbonyl (C=O) groups is 2. The average molecular weight is 407 g/mol. The summed E-state index contributed by atoms with van der Waals surface area (Å²) in [6.07, 6.45) is 9.33. The predicted octanol–water partition coefficient (Wildman–Crippen LogP) is 5.81. The fraction of sp³-hybridized carbons (Fsp3) is 0.667. The number of esters is 2. The van der Waals surface area contributed by atoms with Crippen molar-refractivity contribution in [2.75, 3.05) is 26.9 Å². The molecule has 1 aromatic carbocycles. The Morgan fingerprint density at radius 3 is 1.93 bits per heavy atom. The first kappa shape index (κ1) is 25.2. The molecule has 0 radical (unpaired) electrons. The molecule has 29 heavy (non-hydrogen) atoms. The van der Waals surface area contributed by atoms with E-state index in [0.717, 1.165) is 64.4 Å². The number of carbonyl (C=O) groups excluding carboxylic acids is 2. The van der Waals surface area contributed by atoms with E-state index in [4.69, 9.17) is 14.2 Å². The Labute approximate surface area is 176 Å². The van der Waals surface area contributed by atoms with Gasteiger partial charge in [0.2, 0.25) is 0 Å². The van der Waals surface area contributed by atoms with Gasteiger partial charge in [-0.1, -0.05) is 64.5 Å². The van der Waals surface area contributed by atoms with E-state index in [-0.39, 0.29) is 11.1 Å². The van der Waals surface area contributed by atoms with E-state index in [2.05, 4.69) is 13.8 Å². The standard InChI is InChI=1S/C24H38O5/c1-4-6-8-11-17-28-23(25)21-13-9-10-14-22(21)24(26)29-19-16-20(12-7-5-2)15-18-27-3/h9-10,13-14,20H,4-8,11-12,15-19H2,1-3H3. The molecule has 164 valence electrons. The van der Waals surface area contributed by atoms with Crippen LogP contribution in [0.4, 0.5) is 0 Å². The number of unbranched alkanes of at least 4 members (excludes halogenated alkanes) is 4. The number of ether oxygens (including phenoxy) is 3. The highest BCUT2D eigenvalue weighted by atomic mass is 16.5. The monoisotopic (exact) mass is 406 g/mol. The summed E-state index contributed by atoms with van der Waals surface area (Å²) in [7, 11) is 1.71. The van der Waals surface area contributed by atoms with Crippen molar-refractivity contribution in [3.8, 4) is 0 Å². The normalized spacial score (nSPS) is 11.8. The van der Waals surface area contributed by atoms with Gasteiger partial charge in [-0.25, -0.2) is 9.59 Å². The molecular weight excluding hydrogens is 368 g/mol. The zero-order valence-electron chi connectivity index (χ0n) is 18.4. The maximum atomic E-state index is 12.5. The fourth-order valence-corrected chi connectivity index (χ4v) is 3.22. The van der Waals surface area contributed by atoms with Crippen LogP contribution >= 0.6 is 0 Å². The molecule has 0 aliphatic heterocycles. The van der Waals surface area contributed by atoms with E-state index >= 15 is 0 Å². The van der Waals surface area contributed by atoms with Crippen LogP contribution in [0.1, 0.15) is 92.4 Å². The van der Waals surface area contributed by atoms with E-state index in [1.54, 1.807) is 31.4 Å². The van der Waals surface area contributed by atoms with E-state index in [1.165, 1.54) is 0 Å². The van der Waals surface area contributed by atoms with Crippen molar-refractivity contribution in [1.29, 1.82) is 0 Å². The highest BCUT2D eigenvalue weighted by molar-refractivity contribution is 6.03. The van der Waals surface area contributed by atoms with Crippen LogP contribution in [0.5, 0.6) is 0 Å². The first-order valence-electron chi connectivity index (χ1n) is 11.1. The van der Waals surface area contributed by atoms with Crippen LogP contribution in [0.2, 0.25) is 0 Å². The maximum absolute atomic E-state index is 12.5. The molecule has 0 aromatic heterocycles. The summed E-state index contributed by atoms with van der Waals surface area (Å²) < 4.78 is 16.0. The van der Waals surface area contributed by atoms with Crippen LogP contribution < -0.4 is 0 Å². The van der Waals surface area contributed by atoms with Gasteiger partial charge in [0.15, 0.2) is 0 Å². The van der Waals surface area contributed by atoms with Gasteiger partial charge in [0.1, 0.15) is 0 Å². The Morgan fingerprint density at radius 2 is 1.34 bits per heavy atom. The lowest BCUT2D eigenvalue weighted by atomic mass is 9.96. The van der Waals surface area contributed by atoms with Crippen molar-refractivity contribution >= 4 is 11.9 Å². The van der Waals surface area contributed by atoms with Gasteiger partial charge in [0.05, 0.1) is 24.3 Å². The van der Waals surface area contributed by atoms with Crippen molar-refractivity contribution in [2.45, 2.75) is 71.6 Å². The molecule has 1 rings (SSSR count). The second kappa shape index (κ2) is 16.0. The topological polar surface area (TPSA) is 61.8 Å². The van der Waals surface area contributed by atoms with Crippen LogP contribution in [0.15, 0.2) is 24.3 Å². The van der Waals surface area contributed by atoms with E-state index < -0.39 is 11.9 Å². The van der Waals surface area contributed by atoms with Crippen molar-refractivity contribution in [3.63, 3.8) is 0 Å². The summed E-state index contributed by atoms with van der Waals surface area (Å²) in [5.74, 6) is -0.453. The van der Waals surface area contributed by atoms with Crippen LogP contribution in [-0.4, -0.2) is 38.9 Å². The molecular formula is C24H38O5. The number of hydrogen-bond acceptors (Lipinski definition) is 5. The minimum absolute atomic E-state index is 0.271. The van der Waals surface area contributed by atoms with Gasteiger partial charge in [0, 0.05) is 13.7 Å². The summed E-state index contributed by atoms with van der Waals surface area (Å²) >= 11 is 0.